The number of hydrogen-bond donors (Lipinski definition) is 2. The van der Waals surface area contributed by atoms with Crippen LogP contribution >= 0.6 is 0 Å². The number of anilines is 2. The van der Waals surface area contributed by atoms with Gasteiger partial charge in [-0.2, -0.15) is 0 Å². The zero-order valence-electron chi connectivity index (χ0n) is 20.1. The van der Waals surface area contributed by atoms with Crippen molar-refractivity contribution < 1.29 is 4.79 Å². The molecule has 6 heteroatoms. The Balaban J connectivity index is 1.47. The van der Waals surface area contributed by atoms with E-state index in [2.05, 4.69) is 46.6 Å². The number of aromatic nitrogens is 3. The van der Waals surface area contributed by atoms with Gasteiger partial charge in [0.25, 0.3) is 0 Å². The van der Waals surface area contributed by atoms with Gasteiger partial charge in [-0.25, -0.2) is 9.50 Å². The summed E-state index contributed by atoms with van der Waals surface area (Å²) in [4.78, 5) is 17.9. The summed E-state index contributed by atoms with van der Waals surface area (Å²) < 4.78 is 1.75. The summed E-state index contributed by atoms with van der Waals surface area (Å²) in [6, 6.07) is 30.0. The van der Waals surface area contributed by atoms with Crippen molar-refractivity contribution in [3.63, 3.8) is 0 Å². The Labute approximate surface area is 210 Å². The van der Waals surface area contributed by atoms with Crippen LogP contribution in [0, 0.1) is 0 Å². The molecule has 0 amide bonds. The van der Waals surface area contributed by atoms with Crippen molar-refractivity contribution in [3.8, 4) is 11.1 Å². The highest BCUT2D eigenvalue weighted by molar-refractivity contribution is 5.96. The van der Waals surface area contributed by atoms with E-state index in [1.807, 2.05) is 79.9 Å². The standard InChI is InChI=1S/C30H27N5O/c1-21(2)32-25-15-13-22(14-16-25)19-27(36)29-33-30(31-20-23-9-5-3-6-10-23)28-26(17-18-35(28)34-29)24-11-7-4-8-12-24/h3-18,32H,1,19-20H2,2H3,(H,31,33,34). The number of fused-ring (bicyclic) bond motifs is 1. The van der Waals surface area contributed by atoms with Gasteiger partial charge in [0.2, 0.25) is 11.6 Å². The van der Waals surface area contributed by atoms with E-state index in [1.165, 1.54) is 0 Å². The average molecular weight is 474 g/mol. The summed E-state index contributed by atoms with van der Waals surface area (Å²) in [6.07, 6.45) is 2.09. The van der Waals surface area contributed by atoms with Crippen LogP contribution in [0.15, 0.2) is 109 Å². The second-order valence-corrected chi connectivity index (χ2v) is 8.71. The minimum Gasteiger partial charge on any atom is -0.364 e. The molecule has 2 aromatic heterocycles. The van der Waals surface area contributed by atoms with Crippen molar-refractivity contribution in [2.45, 2.75) is 19.9 Å². The lowest BCUT2D eigenvalue weighted by Gasteiger charge is -2.12. The number of allylic oxidation sites excluding steroid dienone is 1. The van der Waals surface area contributed by atoms with Gasteiger partial charge < -0.3 is 10.6 Å². The largest absolute Gasteiger partial charge is 0.364 e. The maximum Gasteiger partial charge on any atom is 0.218 e. The molecule has 36 heavy (non-hydrogen) atoms. The normalized spacial score (nSPS) is 10.8. The second kappa shape index (κ2) is 10.3. The van der Waals surface area contributed by atoms with Crippen molar-refractivity contribution in [2.24, 2.45) is 0 Å². The summed E-state index contributed by atoms with van der Waals surface area (Å²) in [5.74, 6) is 0.662. The second-order valence-electron chi connectivity index (χ2n) is 8.71. The van der Waals surface area contributed by atoms with Crippen LogP contribution in [0.4, 0.5) is 11.5 Å². The first-order chi connectivity index (χ1) is 17.6. The molecule has 2 heterocycles. The number of nitrogens with zero attached hydrogens (tertiary/aromatic N) is 3. The lowest BCUT2D eigenvalue weighted by molar-refractivity contribution is 0.0981. The van der Waals surface area contributed by atoms with Crippen LogP contribution in [0.1, 0.15) is 28.7 Å². The average Bonchev–Trinajstić information content (AvgIpc) is 3.33. The van der Waals surface area contributed by atoms with Gasteiger partial charge in [-0.1, -0.05) is 79.4 Å². The fourth-order valence-corrected chi connectivity index (χ4v) is 4.12. The summed E-state index contributed by atoms with van der Waals surface area (Å²) in [7, 11) is 0. The maximum absolute atomic E-state index is 13.2. The van der Waals surface area contributed by atoms with Gasteiger partial charge in [0.1, 0.15) is 5.52 Å². The van der Waals surface area contributed by atoms with E-state index in [0.717, 1.165) is 39.2 Å². The van der Waals surface area contributed by atoms with Crippen LogP contribution in [0.5, 0.6) is 0 Å². The molecule has 0 aliphatic rings. The van der Waals surface area contributed by atoms with Crippen LogP contribution < -0.4 is 10.6 Å². The zero-order chi connectivity index (χ0) is 24.9. The van der Waals surface area contributed by atoms with E-state index in [-0.39, 0.29) is 18.0 Å². The maximum atomic E-state index is 13.2. The van der Waals surface area contributed by atoms with Gasteiger partial charge >= 0.3 is 0 Å². The van der Waals surface area contributed by atoms with Gasteiger partial charge in [-0.05, 0) is 41.8 Å². The summed E-state index contributed by atoms with van der Waals surface area (Å²) in [5, 5.41) is 11.2. The molecule has 5 rings (SSSR count). The molecule has 0 spiro atoms. The Morgan fingerprint density at radius 3 is 2.28 bits per heavy atom. The number of nitrogens with one attached hydrogen (secondary N) is 2. The number of carbonyl (C=O) groups is 1. The van der Waals surface area contributed by atoms with Gasteiger partial charge in [-0.15, -0.1) is 5.10 Å². The smallest absolute Gasteiger partial charge is 0.218 e. The summed E-state index contributed by atoms with van der Waals surface area (Å²) in [5.41, 5.74) is 6.72. The van der Waals surface area contributed by atoms with Crippen molar-refractivity contribution in [2.75, 3.05) is 10.6 Å². The third-order valence-electron chi connectivity index (χ3n) is 5.82. The van der Waals surface area contributed by atoms with Gasteiger partial charge in [0.05, 0.1) is 0 Å². The summed E-state index contributed by atoms with van der Waals surface area (Å²) >= 11 is 0. The van der Waals surface area contributed by atoms with Crippen molar-refractivity contribution in [1.82, 2.24) is 14.6 Å². The first kappa shape index (κ1) is 23.1. The number of rotatable bonds is 9. The SMILES string of the molecule is C=C(C)Nc1ccc(CC(=O)c2nc(NCc3ccccc3)c3c(-c4ccccc4)ccn3n2)cc1. The highest BCUT2D eigenvalue weighted by Crippen LogP contribution is 2.30. The van der Waals surface area contributed by atoms with Crippen LogP contribution in [0.25, 0.3) is 16.6 Å². The van der Waals surface area contributed by atoms with Crippen LogP contribution in [0.3, 0.4) is 0 Å². The topological polar surface area (TPSA) is 71.3 Å². The molecular formula is C30H27N5O. The molecule has 0 saturated carbocycles. The molecule has 0 saturated heterocycles. The fourth-order valence-electron chi connectivity index (χ4n) is 4.12. The molecule has 0 atom stereocenters. The summed E-state index contributed by atoms with van der Waals surface area (Å²) in [6.45, 7) is 6.34. The Morgan fingerprint density at radius 2 is 1.58 bits per heavy atom. The number of Topliss-reactive ketones (excluding diaryl/α,β-unsaturated/α-hetero) is 1. The highest BCUT2D eigenvalue weighted by Gasteiger charge is 2.18. The third kappa shape index (κ3) is 5.18. The Kier molecular flexibility index (Phi) is 6.58. The van der Waals surface area contributed by atoms with Crippen LogP contribution in [0.2, 0.25) is 0 Å². The first-order valence-corrected chi connectivity index (χ1v) is 11.8. The monoisotopic (exact) mass is 473 g/mol. The molecule has 3 aromatic carbocycles. The Morgan fingerprint density at radius 1 is 0.889 bits per heavy atom. The van der Waals surface area contributed by atoms with E-state index in [0.29, 0.717) is 12.4 Å². The molecule has 0 fully saturated rings. The molecule has 0 aliphatic heterocycles. The molecular weight excluding hydrogens is 446 g/mol. The number of benzene rings is 3. The molecule has 2 N–H and O–H groups in total. The molecule has 0 aliphatic carbocycles. The van der Waals surface area contributed by atoms with E-state index in [4.69, 9.17) is 4.98 Å². The van der Waals surface area contributed by atoms with E-state index in [9.17, 15) is 4.79 Å². The van der Waals surface area contributed by atoms with Gasteiger partial charge in [0.15, 0.2) is 5.82 Å². The van der Waals surface area contributed by atoms with E-state index in [1.54, 1.807) is 4.52 Å². The molecule has 178 valence electrons. The Bertz CT molecular complexity index is 1510. The van der Waals surface area contributed by atoms with Crippen molar-refractivity contribution in [3.05, 3.63) is 126 Å². The lowest BCUT2D eigenvalue weighted by Crippen LogP contribution is -2.14. The van der Waals surface area contributed by atoms with Crippen molar-refractivity contribution >= 4 is 22.8 Å². The lowest BCUT2D eigenvalue weighted by atomic mass is 10.1. The third-order valence-corrected chi connectivity index (χ3v) is 5.82. The highest BCUT2D eigenvalue weighted by atomic mass is 16.1. The molecule has 0 radical (unpaired) electrons. The minimum atomic E-state index is -0.143. The molecule has 6 nitrogen and oxygen atoms in total. The zero-order valence-corrected chi connectivity index (χ0v) is 20.1. The predicted molar refractivity (Wildman–Crippen MR) is 145 cm³/mol. The fraction of sp³-hybridized carbons (Fsp3) is 0.100. The van der Waals surface area contributed by atoms with E-state index < -0.39 is 0 Å². The Hall–Kier alpha value is -4.71. The van der Waals surface area contributed by atoms with Gasteiger partial charge in [-0.3, -0.25) is 4.79 Å². The first-order valence-electron chi connectivity index (χ1n) is 11.8. The predicted octanol–water partition coefficient (Wildman–Crippen LogP) is 6.38. The van der Waals surface area contributed by atoms with Crippen molar-refractivity contribution in [1.29, 1.82) is 0 Å². The number of carbonyl (C=O) groups excluding carboxylic acids is 1. The number of hydrogen-bond acceptors (Lipinski definition) is 5. The molecule has 5 aromatic rings. The molecule has 0 bridgehead atoms. The molecule has 0 unspecified atom stereocenters. The number of ketones is 1. The van der Waals surface area contributed by atoms with Crippen LogP contribution in [-0.2, 0) is 13.0 Å². The minimum absolute atomic E-state index is 0.143. The van der Waals surface area contributed by atoms with Gasteiger partial charge in [0, 0.05) is 36.1 Å². The van der Waals surface area contributed by atoms with E-state index >= 15 is 0 Å². The van der Waals surface area contributed by atoms with Crippen LogP contribution in [-0.4, -0.2) is 20.4 Å². The quantitative estimate of drug-likeness (QED) is 0.243.